The number of hydrogen-bond donors (Lipinski definition) is 2. The van der Waals surface area contributed by atoms with Gasteiger partial charge in [-0.1, -0.05) is 6.07 Å². The minimum absolute atomic E-state index is 0.0999. The maximum Gasteiger partial charge on any atom is 0.407 e. The van der Waals surface area contributed by atoms with Gasteiger partial charge in [0.1, 0.15) is 5.82 Å². The third kappa shape index (κ3) is 2.00. The lowest BCUT2D eigenvalue weighted by Gasteiger charge is -2.42. The van der Waals surface area contributed by atoms with Crippen molar-refractivity contribution >= 4 is 11.9 Å². The molecule has 1 aromatic rings. The van der Waals surface area contributed by atoms with Gasteiger partial charge >= 0.3 is 6.09 Å². The van der Waals surface area contributed by atoms with Gasteiger partial charge in [-0.05, 0) is 31.9 Å². The molecule has 6 nitrogen and oxygen atoms in total. The quantitative estimate of drug-likeness (QED) is 0.808. The molecular weight excluding hydrogens is 258 g/mol. The second kappa shape index (κ2) is 4.63. The Bertz CT molecular complexity index is 546. The summed E-state index contributed by atoms with van der Waals surface area (Å²) in [4.78, 5) is 19.4. The number of aliphatic hydroxyl groups excluding tert-OH is 1. The average Bonchev–Trinajstić information content (AvgIpc) is 2.75. The van der Waals surface area contributed by atoms with Crippen LogP contribution in [0, 0.1) is 0 Å². The van der Waals surface area contributed by atoms with E-state index in [1.165, 1.54) is 4.90 Å². The zero-order valence-corrected chi connectivity index (χ0v) is 11.7. The zero-order valence-electron chi connectivity index (χ0n) is 11.7. The fourth-order valence-corrected chi connectivity index (χ4v) is 3.25. The van der Waals surface area contributed by atoms with Gasteiger partial charge in [0, 0.05) is 19.1 Å². The second-order valence-corrected chi connectivity index (χ2v) is 5.70. The molecule has 3 rings (SSSR count). The molecular formula is C14H19N3O3. The fraction of sp³-hybridized carbons (Fsp3) is 0.571. The van der Waals surface area contributed by atoms with E-state index in [0.717, 1.165) is 17.8 Å². The number of hydrogen-bond acceptors (Lipinski definition) is 4. The molecule has 2 aliphatic heterocycles. The van der Waals surface area contributed by atoms with Crippen LogP contribution in [0.5, 0.6) is 0 Å². The van der Waals surface area contributed by atoms with Crippen LogP contribution in [0.3, 0.4) is 0 Å². The lowest BCUT2D eigenvalue weighted by atomic mass is 10.1. The van der Waals surface area contributed by atoms with Gasteiger partial charge in [-0.15, -0.1) is 0 Å². The first-order valence-electron chi connectivity index (χ1n) is 6.91. The minimum Gasteiger partial charge on any atom is -0.465 e. The topological polar surface area (TPSA) is 76.9 Å². The molecule has 0 bridgehead atoms. The number of pyridine rings is 1. The molecule has 3 atom stereocenters. The van der Waals surface area contributed by atoms with Crippen LogP contribution >= 0.6 is 0 Å². The minimum atomic E-state index is -0.856. The van der Waals surface area contributed by atoms with E-state index in [2.05, 4.69) is 9.88 Å². The highest BCUT2D eigenvalue weighted by Gasteiger charge is 2.40. The number of carboxylic acid groups (broad SMARTS) is 1. The molecule has 0 aliphatic carbocycles. The molecule has 2 aliphatic rings. The molecule has 1 amide bonds. The normalized spacial score (nSPS) is 26.1. The Labute approximate surface area is 117 Å². The van der Waals surface area contributed by atoms with Crippen LogP contribution in [-0.4, -0.2) is 51.4 Å². The van der Waals surface area contributed by atoms with Crippen molar-refractivity contribution in [3.63, 3.8) is 0 Å². The predicted octanol–water partition coefficient (Wildman–Crippen LogP) is 1.25. The standard InChI is InChI=1S/C14H19N3O3/c1-8-6-16(14(19)20)7-11-5-10-3-4-12(9(2)18)15-13(10)17(8)11/h3-4,8-9,11,18H,5-7H2,1-2H3,(H,19,20)/t8-,9+,11-/m1/s1. The predicted molar refractivity (Wildman–Crippen MR) is 73.9 cm³/mol. The maximum atomic E-state index is 11.2. The maximum absolute atomic E-state index is 11.2. The summed E-state index contributed by atoms with van der Waals surface area (Å²) in [6.07, 6.45) is -0.628. The van der Waals surface area contributed by atoms with Crippen molar-refractivity contribution in [3.05, 3.63) is 23.4 Å². The van der Waals surface area contributed by atoms with Gasteiger partial charge in [0.25, 0.3) is 0 Å². The number of rotatable bonds is 1. The summed E-state index contributed by atoms with van der Waals surface area (Å²) >= 11 is 0. The largest absolute Gasteiger partial charge is 0.465 e. The lowest BCUT2D eigenvalue weighted by molar-refractivity contribution is 0.128. The van der Waals surface area contributed by atoms with Crippen molar-refractivity contribution in [1.82, 2.24) is 9.88 Å². The van der Waals surface area contributed by atoms with E-state index >= 15 is 0 Å². The summed E-state index contributed by atoms with van der Waals surface area (Å²) in [7, 11) is 0. The van der Waals surface area contributed by atoms with Crippen molar-refractivity contribution in [1.29, 1.82) is 0 Å². The highest BCUT2D eigenvalue weighted by Crippen LogP contribution is 2.35. The lowest BCUT2D eigenvalue weighted by Crippen LogP contribution is -2.58. The Morgan fingerprint density at radius 2 is 2.20 bits per heavy atom. The van der Waals surface area contributed by atoms with Gasteiger partial charge in [-0.2, -0.15) is 0 Å². The van der Waals surface area contributed by atoms with Crippen LogP contribution in [0.2, 0.25) is 0 Å². The monoisotopic (exact) mass is 277 g/mol. The van der Waals surface area contributed by atoms with E-state index in [-0.39, 0.29) is 12.1 Å². The van der Waals surface area contributed by atoms with E-state index in [1.807, 2.05) is 19.1 Å². The Kier molecular flexibility index (Phi) is 3.05. The van der Waals surface area contributed by atoms with Crippen LogP contribution in [-0.2, 0) is 6.42 Å². The van der Waals surface area contributed by atoms with Gasteiger partial charge in [-0.3, -0.25) is 0 Å². The Morgan fingerprint density at radius 1 is 1.45 bits per heavy atom. The van der Waals surface area contributed by atoms with Crippen LogP contribution in [0.25, 0.3) is 0 Å². The fourth-order valence-electron chi connectivity index (χ4n) is 3.25. The van der Waals surface area contributed by atoms with Crippen LogP contribution in [0.4, 0.5) is 10.6 Å². The van der Waals surface area contributed by atoms with E-state index < -0.39 is 12.2 Å². The summed E-state index contributed by atoms with van der Waals surface area (Å²) in [6, 6.07) is 4.10. The first-order chi connectivity index (χ1) is 9.47. The molecule has 0 radical (unpaired) electrons. The summed E-state index contributed by atoms with van der Waals surface area (Å²) in [6.45, 7) is 4.73. The van der Waals surface area contributed by atoms with Crippen molar-refractivity contribution in [2.45, 2.75) is 38.5 Å². The number of amides is 1. The first kappa shape index (κ1) is 13.2. The molecule has 1 saturated heterocycles. The van der Waals surface area contributed by atoms with Gasteiger partial charge in [0.15, 0.2) is 0 Å². The van der Waals surface area contributed by atoms with E-state index in [1.54, 1.807) is 6.92 Å². The molecule has 2 N–H and O–H groups in total. The number of anilines is 1. The first-order valence-corrected chi connectivity index (χ1v) is 6.91. The van der Waals surface area contributed by atoms with Crippen LogP contribution in [0.1, 0.15) is 31.2 Å². The second-order valence-electron chi connectivity index (χ2n) is 5.70. The number of nitrogens with zero attached hydrogens (tertiary/aromatic N) is 3. The van der Waals surface area contributed by atoms with Gasteiger partial charge in [-0.25, -0.2) is 9.78 Å². The third-order valence-corrected chi connectivity index (χ3v) is 4.16. The van der Waals surface area contributed by atoms with Crippen LogP contribution in [0.15, 0.2) is 12.1 Å². The van der Waals surface area contributed by atoms with E-state index in [0.29, 0.717) is 18.8 Å². The number of fused-ring (bicyclic) bond motifs is 3. The van der Waals surface area contributed by atoms with Crippen LogP contribution < -0.4 is 4.90 Å². The summed E-state index contributed by atoms with van der Waals surface area (Å²) in [5, 5.41) is 18.8. The summed E-state index contributed by atoms with van der Waals surface area (Å²) in [5.74, 6) is 0.908. The number of carbonyl (C=O) groups is 1. The van der Waals surface area contributed by atoms with Crippen molar-refractivity contribution in [3.8, 4) is 0 Å². The smallest absolute Gasteiger partial charge is 0.407 e. The molecule has 20 heavy (non-hydrogen) atoms. The Morgan fingerprint density at radius 3 is 2.85 bits per heavy atom. The molecule has 0 aromatic carbocycles. The molecule has 0 saturated carbocycles. The van der Waals surface area contributed by atoms with Gasteiger partial charge in [0.05, 0.1) is 17.8 Å². The van der Waals surface area contributed by atoms with E-state index in [9.17, 15) is 9.90 Å². The molecule has 1 aromatic heterocycles. The molecule has 108 valence electrons. The molecule has 6 heteroatoms. The molecule has 0 spiro atoms. The molecule has 0 unspecified atom stereocenters. The SMILES string of the molecule is C[C@H](O)c1ccc2c(n1)N1[C@H](C2)CN(C(=O)O)C[C@H]1C. The summed E-state index contributed by atoms with van der Waals surface area (Å²) < 4.78 is 0. The van der Waals surface area contributed by atoms with Gasteiger partial charge < -0.3 is 20.0 Å². The Hall–Kier alpha value is -1.82. The highest BCUT2D eigenvalue weighted by molar-refractivity contribution is 5.67. The number of aliphatic hydroxyl groups is 1. The average molecular weight is 277 g/mol. The molecule has 3 heterocycles. The van der Waals surface area contributed by atoms with Crippen molar-refractivity contribution in [2.24, 2.45) is 0 Å². The highest BCUT2D eigenvalue weighted by atomic mass is 16.4. The third-order valence-electron chi connectivity index (χ3n) is 4.16. The number of aromatic nitrogens is 1. The van der Waals surface area contributed by atoms with Gasteiger partial charge in [0.2, 0.25) is 0 Å². The van der Waals surface area contributed by atoms with Crippen molar-refractivity contribution in [2.75, 3.05) is 18.0 Å². The number of piperazine rings is 1. The Balaban J connectivity index is 1.92. The zero-order chi connectivity index (χ0) is 14.4. The molecule has 1 fully saturated rings. The van der Waals surface area contributed by atoms with E-state index in [4.69, 9.17) is 5.11 Å². The van der Waals surface area contributed by atoms with Crippen molar-refractivity contribution < 1.29 is 15.0 Å². The summed E-state index contributed by atoms with van der Waals surface area (Å²) in [5.41, 5.74) is 1.80.